The number of carbonyl (C=O) groups is 1. The van der Waals surface area contributed by atoms with Crippen molar-refractivity contribution in [1.29, 1.82) is 0 Å². The van der Waals surface area contributed by atoms with Crippen LogP contribution in [0.4, 0.5) is 0 Å². The van der Waals surface area contributed by atoms with Crippen LogP contribution < -0.4 is 4.74 Å². The van der Waals surface area contributed by atoms with Gasteiger partial charge in [-0.2, -0.15) is 5.10 Å². The number of piperidine rings is 1. The van der Waals surface area contributed by atoms with Crippen LogP contribution in [0.25, 0.3) is 0 Å². The number of hydrogen-bond acceptors (Lipinski definition) is 5. The number of ether oxygens (including phenoxy) is 1. The van der Waals surface area contributed by atoms with Crippen LogP contribution in [-0.4, -0.2) is 75.0 Å². The molecule has 0 bridgehead atoms. The third-order valence-electron chi connectivity index (χ3n) is 10.2. The maximum atomic E-state index is 12.4. The lowest BCUT2D eigenvalue weighted by Crippen LogP contribution is -2.45. The number of likely N-dealkylation sites (tertiary alicyclic amines) is 2. The molecule has 1 N–H and O–H groups in total. The van der Waals surface area contributed by atoms with E-state index < -0.39 is 12.0 Å². The smallest absolute Gasteiger partial charge is 0.321 e. The fourth-order valence-corrected chi connectivity index (χ4v) is 7.71. The van der Waals surface area contributed by atoms with E-state index >= 15 is 0 Å². The zero-order chi connectivity index (χ0) is 33.0. The summed E-state index contributed by atoms with van der Waals surface area (Å²) in [4.78, 5) is 17.3. The number of aryl methyl sites for hydroxylation is 2. The van der Waals surface area contributed by atoms with Crippen molar-refractivity contribution in [2.75, 3.05) is 32.7 Å². The van der Waals surface area contributed by atoms with Gasteiger partial charge < -0.3 is 14.7 Å². The Kier molecular flexibility index (Phi) is 10.9. The average molecular weight is 629 g/mol. The number of nitrogens with zero attached hydrogens (tertiary/aromatic N) is 4. The summed E-state index contributed by atoms with van der Waals surface area (Å²) in [6, 6.07) is 19.2. The zero-order valence-electron chi connectivity index (χ0n) is 29.2. The van der Waals surface area contributed by atoms with Crippen LogP contribution in [-0.2, 0) is 17.8 Å². The van der Waals surface area contributed by atoms with Gasteiger partial charge in [-0.1, -0.05) is 62.2 Å². The first-order valence-electron chi connectivity index (χ1n) is 17.5. The molecule has 3 aromatic rings. The molecule has 4 atom stereocenters. The summed E-state index contributed by atoms with van der Waals surface area (Å²) in [5.41, 5.74) is 6.16. The molecular weight excluding hydrogens is 572 g/mol. The summed E-state index contributed by atoms with van der Waals surface area (Å²) in [5, 5.41) is 15.2. The van der Waals surface area contributed by atoms with E-state index in [2.05, 4.69) is 118 Å². The van der Waals surface area contributed by atoms with E-state index in [9.17, 15) is 9.90 Å². The van der Waals surface area contributed by atoms with E-state index in [1.807, 2.05) is 0 Å². The van der Waals surface area contributed by atoms with Crippen LogP contribution >= 0.6 is 0 Å². The highest BCUT2D eigenvalue weighted by molar-refractivity contribution is 5.74. The Balaban J connectivity index is 1.23. The molecule has 1 aromatic heterocycles. The lowest BCUT2D eigenvalue weighted by molar-refractivity contribution is -0.145. The molecular formula is C39H56N4O3. The first-order valence-corrected chi connectivity index (χ1v) is 17.5. The standard InChI is InChI=1S/C39H56N4O3/c1-8-28(4)37(38(44)45)42-25-32(35(26-42)31-12-10-11-27(3)21-31)24-41-19-17-30(18-20-41)36-23-33(40-43(36)9-2)22-29-13-15-34(16-14-29)46-39(5,6)7/h10-16,21,23,28,30,32,35,37H,8-9,17-20,22,24-26H2,1-7H3,(H,44,45). The van der Waals surface area contributed by atoms with Crippen molar-refractivity contribution in [3.63, 3.8) is 0 Å². The second kappa shape index (κ2) is 14.7. The van der Waals surface area contributed by atoms with Crippen LogP contribution in [0.1, 0.15) is 101 Å². The van der Waals surface area contributed by atoms with Gasteiger partial charge in [0.2, 0.25) is 0 Å². The topological polar surface area (TPSA) is 70.8 Å². The molecule has 2 saturated heterocycles. The lowest BCUT2D eigenvalue weighted by atomic mass is 9.86. The number of carboxylic acids is 1. The normalized spacial score (nSPS) is 21.4. The molecule has 3 heterocycles. The third-order valence-corrected chi connectivity index (χ3v) is 10.2. The Labute approximate surface area is 276 Å². The summed E-state index contributed by atoms with van der Waals surface area (Å²) < 4.78 is 8.22. The second-order valence-electron chi connectivity index (χ2n) is 14.9. The Morgan fingerprint density at radius 3 is 2.37 bits per heavy atom. The summed E-state index contributed by atoms with van der Waals surface area (Å²) in [5.74, 6) is 1.61. The number of benzene rings is 2. The third kappa shape index (κ3) is 8.40. The molecule has 2 aliphatic heterocycles. The first-order chi connectivity index (χ1) is 21.9. The van der Waals surface area contributed by atoms with E-state index in [0.29, 0.717) is 17.8 Å². The van der Waals surface area contributed by atoms with Crippen molar-refractivity contribution in [3.05, 3.63) is 82.7 Å². The minimum absolute atomic E-state index is 0.125. The fraction of sp³-hybridized carbons (Fsp3) is 0.590. The molecule has 2 aromatic carbocycles. The van der Waals surface area contributed by atoms with Crippen molar-refractivity contribution in [3.8, 4) is 5.75 Å². The van der Waals surface area contributed by atoms with E-state index in [-0.39, 0.29) is 11.5 Å². The first kappa shape index (κ1) is 34.2. The largest absolute Gasteiger partial charge is 0.488 e. The van der Waals surface area contributed by atoms with Crippen LogP contribution in [0, 0.1) is 18.8 Å². The number of aliphatic carboxylic acids is 1. The lowest BCUT2D eigenvalue weighted by Gasteiger charge is -2.35. The van der Waals surface area contributed by atoms with Gasteiger partial charge in [0.05, 0.1) is 5.69 Å². The molecule has 2 fully saturated rings. The maximum absolute atomic E-state index is 12.4. The predicted octanol–water partition coefficient (Wildman–Crippen LogP) is 7.37. The van der Waals surface area contributed by atoms with E-state index in [4.69, 9.17) is 9.84 Å². The Morgan fingerprint density at radius 2 is 1.76 bits per heavy atom. The highest BCUT2D eigenvalue weighted by Crippen LogP contribution is 2.38. The van der Waals surface area contributed by atoms with Gasteiger partial charge >= 0.3 is 5.97 Å². The van der Waals surface area contributed by atoms with Gasteiger partial charge in [-0.3, -0.25) is 14.4 Å². The monoisotopic (exact) mass is 628 g/mol. The highest BCUT2D eigenvalue weighted by atomic mass is 16.5. The number of aromatic nitrogens is 2. The minimum atomic E-state index is -0.683. The molecule has 7 nitrogen and oxygen atoms in total. The van der Waals surface area contributed by atoms with Crippen LogP contribution in [0.15, 0.2) is 54.6 Å². The summed E-state index contributed by atoms with van der Waals surface area (Å²) in [6.07, 6.45) is 3.94. The second-order valence-corrected chi connectivity index (χ2v) is 14.9. The van der Waals surface area contributed by atoms with Gasteiger partial charge in [0, 0.05) is 50.1 Å². The maximum Gasteiger partial charge on any atom is 0.321 e. The fourth-order valence-electron chi connectivity index (χ4n) is 7.71. The van der Waals surface area contributed by atoms with Crippen molar-refractivity contribution in [2.24, 2.45) is 11.8 Å². The van der Waals surface area contributed by atoms with Crippen LogP contribution in [0.5, 0.6) is 5.75 Å². The van der Waals surface area contributed by atoms with E-state index in [1.165, 1.54) is 22.4 Å². The molecule has 250 valence electrons. The van der Waals surface area contributed by atoms with Gasteiger partial charge in [0.15, 0.2) is 0 Å². The number of carboxylic acid groups (broad SMARTS) is 1. The Bertz CT molecular complexity index is 1430. The highest BCUT2D eigenvalue weighted by Gasteiger charge is 2.42. The van der Waals surface area contributed by atoms with Gasteiger partial charge in [0.1, 0.15) is 17.4 Å². The molecule has 0 aliphatic carbocycles. The predicted molar refractivity (Wildman–Crippen MR) is 186 cm³/mol. The molecule has 46 heavy (non-hydrogen) atoms. The molecule has 0 spiro atoms. The Hall–Kier alpha value is -3.16. The zero-order valence-corrected chi connectivity index (χ0v) is 29.2. The van der Waals surface area contributed by atoms with Gasteiger partial charge in [-0.05, 0) is 102 Å². The Morgan fingerprint density at radius 1 is 1.04 bits per heavy atom. The summed E-state index contributed by atoms with van der Waals surface area (Å²) in [6.45, 7) is 20.4. The number of hydrogen-bond donors (Lipinski definition) is 1. The van der Waals surface area contributed by atoms with Crippen molar-refractivity contribution in [1.82, 2.24) is 19.6 Å². The summed E-state index contributed by atoms with van der Waals surface area (Å²) in [7, 11) is 0. The number of rotatable bonds is 12. The molecule has 5 rings (SSSR count). The van der Waals surface area contributed by atoms with E-state index in [0.717, 1.165) is 76.4 Å². The van der Waals surface area contributed by atoms with Gasteiger partial charge in [0.25, 0.3) is 0 Å². The molecule has 0 amide bonds. The van der Waals surface area contributed by atoms with Crippen molar-refractivity contribution >= 4 is 5.97 Å². The molecule has 2 aliphatic rings. The molecule has 0 saturated carbocycles. The van der Waals surface area contributed by atoms with E-state index in [1.54, 1.807) is 0 Å². The van der Waals surface area contributed by atoms with Crippen molar-refractivity contribution in [2.45, 2.75) is 104 Å². The average Bonchev–Trinajstić information content (AvgIpc) is 3.61. The van der Waals surface area contributed by atoms with Crippen LogP contribution in [0.3, 0.4) is 0 Å². The molecule has 0 radical (unpaired) electrons. The molecule has 4 unspecified atom stereocenters. The molecule has 7 heteroatoms. The summed E-state index contributed by atoms with van der Waals surface area (Å²) >= 11 is 0. The SMILES string of the molecule is CCC(C)C(C(=O)O)N1CC(CN2CCC(c3cc(Cc4ccc(OC(C)(C)C)cc4)nn3CC)CC2)C(c2cccc(C)c2)C1. The van der Waals surface area contributed by atoms with Crippen LogP contribution in [0.2, 0.25) is 0 Å². The minimum Gasteiger partial charge on any atom is -0.488 e. The van der Waals surface area contributed by atoms with Gasteiger partial charge in [-0.25, -0.2) is 0 Å². The van der Waals surface area contributed by atoms with Crippen molar-refractivity contribution < 1.29 is 14.6 Å². The quantitative estimate of drug-likeness (QED) is 0.226. The van der Waals surface area contributed by atoms with Gasteiger partial charge in [-0.15, -0.1) is 0 Å².